The first kappa shape index (κ1) is 14.9. The van der Waals surface area contributed by atoms with Crippen molar-refractivity contribution in [1.82, 2.24) is 14.3 Å². The van der Waals surface area contributed by atoms with Gasteiger partial charge in [-0.25, -0.2) is 0 Å². The third-order valence-corrected chi connectivity index (χ3v) is 5.22. The zero-order chi connectivity index (χ0) is 15.5. The van der Waals surface area contributed by atoms with Crippen LogP contribution in [0.15, 0.2) is 24.4 Å². The second kappa shape index (κ2) is 6.42. The van der Waals surface area contributed by atoms with E-state index in [2.05, 4.69) is 38.2 Å². The van der Waals surface area contributed by atoms with Gasteiger partial charge in [0.15, 0.2) is 0 Å². The van der Waals surface area contributed by atoms with Gasteiger partial charge in [0, 0.05) is 38.4 Å². The highest BCUT2D eigenvalue weighted by atomic mass is 32.1. The van der Waals surface area contributed by atoms with Crippen LogP contribution in [-0.2, 0) is 0 Å². The summed E-state index contributed by atoms with van der Waals surface area (Å²) in [4.78, 5) is 9.18. The SMILES string of the molecule is Cc1nsc(N2CCN(C(C)c3ccccn3)CC2)c1C#N. The summed E-state index contributed by atoms with van der Waals surface area (Å²) in [5.74, 6) is 0. The summed E-state index contributed by atoms with van der Waals surface area (Å²) in [6, 6.07) is 8.67. The highest BCUT2D eigenvalue weighted by molar-refractivity contribution is 7.10. The molecule has 0 aromatic carbocycles. The van der Waals surface area contributed by atoms with E-state index < -0.39 is 0 Å². The molecule has 3 rings (SSSR count). The number of nitriles is 1. The minimum absolute atomic E-state index is 0.321. The molecule has 1 saturated heterocycles. The Kier molecular flexibility index (Phi) is 4.36. The van der Waals surface area contributed by atoms with Gasteiger partial charge in [0.1, 0.15) is 16.6 Å². The monoisotopic (exact) mass is 313 g/mol. The minimum atomic E-state index is 0.321. The summed E-state index contributed by atoms with van der Waals surface area (Å²) in [6.45, 7) is 7.90. The van der Waals surface area contributed by atoms with Gasteiger partial charge in [0.05, 0.1) is 11.4 Å². The smallest absolute Gasteiger partial charge is 0.130 e. The van der Waals surface area contributed by atoms with E-state index in [-0.39, 0.29) is 0 Å². The second-order valence-corrected chi connectivity index (χ2v) is 6.27. The van der Waals surface area contributed by atoms with E-state index in [9.17, 15) is 5.26 Å². The van der Waals surface area contributed by atoms with Crippen molar-refractivity contribution in [3.63, 3.8) is 0 Å². The van der Waals surface area contributed by atoms with Crippen LogP contribution in [-0.4, -0.2) is 40.4 Å². The zero-order valence-electron chi connectivity index (χ0n) is 12.9. The van der Waals surface area contributed by atoms with Crippen molar-refractivity contribution in [1.29, 1.82) is 5.26 Å². The molecular formula is C16H19N5S. The number of hydrogen-bond acceptors (Lipinski definition) is 6. The molecule has 114 valence electrons. The molecule has 2 aromatic rings. The molecule has 0 saturated carbocycles. The largest absolute Gasteiger partial charge is 0.359 e. The fraction of sp³-hybridized carbons (Fsp3) is 0.438. The van der Waals surface area contributed by atoms with E-state index in [0.29, 0.717) is 6.04 Å². The van der Waals surface area contributed by atoms with Crippen molar-refractivity contribution in [2.24, 2.45) is 0 Å². The molecule has 1 atom stereocenters. The third-order valence-electron chi connectivity index (χ3n) is 4.22. The molecule has 0 spiro atoms. The van der Waals surface area contributed by atoms with E-state index in [1.807, 2.05) is 25.3 Å². The first-order valence-electron chi connectivity index (χ1n) is 7.47. The summed E-state index contributed by atoms with van der Waals surface area (Å²) in [5, 5.41) is 10.3. The van der Waals surface area contributed by atoms with E-state index >= 15 is 0 Å². The quantitative estimate of drug-likeness (QED) is 0.872. The van der Waals surface area contributed by atoms with E-state index in [1.54, 1.807) is 0 Å². The number of hydrogen-bond donors (Lipinski definition) is 0. The van der Waals surface area contributed by atoms with Crippen molar-refractivity contribution in [3.05, 3.63) is 41.3 Å². The first-order chi connectivity index (χ1) is 10.7. The Hall–Kier alpha value is -1.97. The number of aromatic nitrogens is 2. The molecule has 0 radical (unpaired) electrons. The average Bonchev–Trinajstić information content (AvgIpc) is 2.96. The number of piperazine rings is 1. The molecule has 22 heavy (non-hydrogen) atoms. The van der Waals surface area contributed by atoms with Crippen molar-refractivity contribution >= 4 is 16.5 Å². The normalized spacial score (nSPS) is 17.2. The Morgan fingerprint density at radius 3 is 2.68 bits per heavy atom. The zero-order valence-corrected chi connectivity index (χ0v) is 13.7. The standard InChI is InChI=1S/C16H19N5S/c1-12-14(11-17)16(22-19-12)21-9-7-20(8-10-21)13(2)15-5-3-4-6-18-15/h3-6,13H,7-10H2,1-2H3. The van der Waals surface area contributed by atoms with Crippen LogP contribution >= 0.6 is 11.5 Å². The maximum atomic E-state index is 9.28. The van der Waals surface area contributed by atoms with Crippen molar-refractivity contribution < 1.29 is 0 Å². The number of rotatable bonds is 3. The van der Waals surface area contributed by atoms with Crippen molar-refractivity contribution in [3.8, 4) is 6.07 Å². The lowest BCUT2D eigenvalue weighted by atomic mass is 10.1. The molecule has 1 fully saturated rings. The van der Waals surface area contributed by atoms with E-state index in [0.717, 1.165) is 48.1 Å². The summed E-state index contributed by atoms with van der Waals surface area (Å²) >= 11 is 1.44. The molecule has 6 heteroatoms. The van der Waals surface area contributed by atoms with Crippen LogP contribution in [0.1, 0.15) is 29.9 Å². The fourth-order valence-corrected chi connectivity index (χ4v) is 3.72. The van der Waals surface area contributed by atoms with Gasteiger partial charge in [0.2, 0.25) is 0 Å². The molecule has 1 aliphatic heterocycles. The third kappa shape index (κ3) is 2.82. The van der Waals surface area contributed by atoms with E-state index in [4.69, 9.17) is 0 Å². The van der Waals surface area contributed by atoms with Gasteiger partial charge in [-0.2, -0.15) is 9.64 Å². The molecule has 0 bridgehead atoms. The molecule has 0 aliphatic carbocycles. The predicted molar refractivity (Wildman–Crippen MR) is 88.0 cm³/mol. The van der Waals surface area contributed by atoms with Gasteiger partial charge in [-0.3, -0.25) is 9.88 Å². The highest BCUT2D eigenvalue weighted by Crippen LogP contribution is 2.30. The van der Waals surface area contributed by atoms with Crippen LogP contribution in [0, 0.1) is 18.3 Å². The van der Waals surface area contributed by atoms with Crippen LogP contribution in [0.3, 0.4) is 0 Å². The molecule has 0 amide bonds. The lowest BCUT2D eigenvalue weighted by molar-refractivity contribution is 0.195. The van der Waals surface area contributed by atoms with Crippen LogP contribution in [0.2, 0.25) is 0 Å². The van der Waals surface area contributed by atoms with Gasteiger partial charge in [0.25, 0.3) is 0 Å². The molecule has 1 unspecified atom stereocenters. The summed E-state index contributed by atoms with van der Waals surface area (Å²) < 4.78 is 4.32. The van der Waals surface area contributed by atoms with Crippen LogP contribution in [0.25, 0.3) is 0 Å². The summed E-state index contributed by atoms with van der Waals surface area (Å²) in [5.41, 5.74) is 2.69. The highest BCUT2D eigenvalue weighted by Gasteiger charge is 2.25. The van der Waals surface area contributed by atoms with Crippen LogP contribution in [0.5, 0.6) is 0 Å². The van der Waals surface area contributed by atoms with Crippen LogP contribution < -0.4 is 4.90 Å². The van der Waals surface area contributed by atoms with Gasteiger partial charge in [-0.1, -0.05) is 6.07 Å². The first-order valence-corrected chi connectivity index (χ1v) is 8.24. The maximum absolute atomic E-state index is 9.28. The minimum Gasteiger partial charge on any atom is -0.359 e. The lowest BCUT2D eigenvalue weighted by Crippen LogP contribution is -2.47. The molecule has 5 nitrogen and oxygen atoms in total. The van der Waals surface area contributed by atoms with Crippen molar-refractivity contribution in [2.75, 3.05) is 31.1 Å². The number of aryl methyl sites for hydroxylation is 1. The number of anilines is 1. The maximum Gasteiger partial charge on any atom is 0.130 e. The Labute approximate surface area is 135 Å². The summed E-state index contributed by atoms with van der Waals surface area (Å²) in [6.07, 6.45) is 1.85. The molecule has 2 aromatic heterocycles. The molecule has 0 N–H and O–H groups in total. The average molecular weight is 313 g/mol. The second-order valence-electron chi connectivity index (χ2n) is 5.51. The lowest BCUT2D eigenvalue weighted by Gasteiger charge is -2.38. The Morgan fingerprint density at radius 1 is 1.27 bits per heavy atom. The van der Waals surface area contributed by atoms with E-state index in [1.165, 1.54) is 11.5 Å². The number of pyridine rings is 1. The van der Waals surface area contributed by atoms with Gasteiger partial charge >= 0.3 is 0 Å². The van der Waals surface area contributed by atoms with Gasteiger partial charge in [-0.05, 0) is 37.5 Å². The Balaban J connectivity index is 1.67. The van der Waals surface area contributed by atoms with Gasteiger partial charge < -0.3 is 4.90 Å². The topological polar surface area (TPSA) is 56.1 Å². The molecular weight excluding hydrogens is 294 g/mol. The van der Waals surface area contributed by atoms with Crippen LogP contribution in [0.4, 0.5) is 5.00 Å². The Bertz CT molecular complexity index is 668. The summed E-state index contributed by atoms with van der Waals surface area (Å²) in [7, 11) is 0. The molecule has 1 aliphatic rings. The van der Waals surface area contributed by atoms with Crippen molar-refractivity contribution in [2.45, 2.75) is 19.9 Å². The van der Waals surface area contributed by atoms with Gasteiger partial charge in [-0.15, -0.1) is 0 Å². The number of nitrogens with zero attached hydrogens (tertiary/aromatic N) is 5. The fourth-order valence-electron chi connectivity index (χ4n) is 2.82. The predicted octanol–water partition coefficient (Wildman–Crippen LogP) is 2.60. The molecule has 3 heterocycles. The Morgan fingerprint density at radius 2 is 2.05 bits per heavy atom.